The number of ether oxygens (including phenoxy) is 1. The summed E-state index contributed by atoms with van der Waals surface area (Å²) in [5.74, 6) is -0.0330. The third-order valence-corrected chi connectivity index (χ3v) is 3.04. The molecule has 8 heteroatoms. The minimum absolute atomic E-state index is 0.0237. The number of nitrogens with one attached hydrogen (secondary N) is 3. The number of nitrogens with zero attached hydrogens (tertiary/aromatic N) is 1. The second-order valence-corrected chi connectivity index (χ2v) is 4.66. The molecular formula is C14H12N4O4. The second-order valence-electron chi connectivity index (χ2n) is 4.66. The molecule has 0 atom stereocenters. The van der Waals surface area contributed by atoms with Crippen molar-refractivity contribution in [1.82, 2.24) is 15.5 Å². The van der Waals surface area contributed by atoms with E-state index in [0.717, 1.165) is 5.56 Å². The topological polar surface area (TPSA) is 113 Å². The van der Waals surface area contributed by atoms with Gasteiger partial charge in [-0.05, 0) is 23.8 Å². The summed E-state index contributed by atoms with van der Waals surface area (Å²) in [7, 11) is 0. The van der Waals surface area contributed by atoms with Crippen LogP contribution in [0.5, 0.6) is 5.75 Å². The van der Waals surface area contributed by atoms with Gasteiger partial charge in [0, 0.05) is 12.6 Å². The number of amides is 2. The van der Waals surface area contributed by atoms with E-state index < -0.39 is 5.91 Å². The first kappa shape index (κ1) is 13.8. The molecule has 0 saturated carbocycles. The lowest BCUT2D eigenvalue weighted by molar-refractivity contribution is -0.118. The van der Waals surface area contributed by atoms with E-state index in [9.17, 15) is 14.4 Å². The highest BCUT2D eigenvalue weighted by Gasteiger charge is 2.16. The number of carbonyl (C=O) groups excluding carboxylic acids is 2. The maximum Gasteiger partial charge on any atom is 0.271 e. The smallest absolute Gasteiger partial charge is 0.271 e. The van der Waals surface area contributed by atoms with Crippen molar-refractivity contribution in [3.05, 3.63) is 51.9 Å². The van der Waals surface area contributed by atoms with Crippen molar-refractivity contribution in [3.63, 3.8) is 0 Å². The molecular weight excluding hydrogens is 288 g/mol. The molecule has 0 spiro atoms. The maximum atomic E-state index is 11.9. The average molecular weight is 300 g/mol. The van der Waals surface area contributed by atoms with Crippen molar-refractivity contribution in [2.45, 2.75) is 6.54 Å². The number of rotatable bonds is 3. The zero-order chi connectivity index (χ0) is 15.5. The lowest BCUT2D eigenvalue weighted by atomic mass is 10.1. The van der Waals surface area contributed by atoms with Gasteiger partial charge in [-0.3, -0.25) is 14.4 Å². The highest BCUT2D eigenvalue weighted by atomic mass is 16.5. The summed E-state index contributed by atoms with van der Waals surface area (Å²) in [5, 5.41) is 11.2. The normalized spacial score (nSPS) is 12.8. The van der Waals surface area contributed by atoms with Crippen LogP contribution in [0.2, 0.25) is 0 Å². The molecule has 22 heavy (non-hydrogen) atoms. The van der Waals surface area contributed by atoms with Crippen LogP contribution in [0, 0.1) is 0 Å². The number of aromatic amines is 1. The molecule has 2 aromatic rings. The van der Waals surface area contributed by atoms with Crippen LogP contribution in [0.15, 0.2) is 35.1 Å². The first-order chi connectivity index (χ1) is 10.6. The summed E-state index contributed by atoms with van der Waals surface area (Å²) in [5.41, 5.74) is 1.17. The first-order valence-corrected chi connectivity index (χ1v) is 6.51. The molecule has 112 valence electrons. The van der Waals surface area contributed by atoms with Crippen LogP contribution in [0.3, 0.4) is 0 Å². The average Bonchev–Trinajstić information content (AvgIpc) is 2.53. The standard InChI is InChI=1S/C14H12N4O4/c19-12-4-3-10(17-18-12)14(21)15-6-8-1-2-9-11(5-8)22-7-13(20)16-9/h1-5H,6-7H2,(H,15,21)(H,16,20)(H,18,19). The number of carbonyl (C=O) groups is 2. The minimum atomic E-state index is -0.400. The van der Waals surface area contributed by atoms with Crippen LogP contribution in [-0.2, 0) is 11.3 Å². The minimum Gasteiger partial charge on any atom is -0.482 e. The Balaban J connectivity index is 1.66. The quantitative estimate of drug-likeness (QED) is 0.740. The lowest BCUT2D eigenvalue weighted by Crippen LogP contribution is -2.26. The van der Waals surface area contributed by atoms with E-state index in [1.165, 1.54) is 12.1 Å². The predicted molar refractivity (Wildman–Crippen MR) is 76.6 cm³/mol. The molecule has 2 amide bonds. The van der Waals surface area contributed by atoms with Crippen molar-refractivity contribution in [1.29, 1.82) is 0 Å². The van der Waals surface area contributed by atoms with Gasteiger partial charge in [-0.25, -0.2) is 5.10 Å². The molecule has 0 saturated heterocycles. The summed E-state index contributed by atoms with van der Waals surface area (Å²) >= 11 is 0. The number of benzene rings is 1. The van der Waals surface area contributed by atoms with Gasteiger partial charge in [-0.1, -0.05) is 6.07 Å². The highest BCUT2D eigenvalue weighted by Crippen LogP contribution is 2.28. The Morgan fingerprint density at radius 1 is 1.27 bits per heavy atom. The Morgan fingerprint density at radius 2 is 2.14 bits per heavy atom. The zero-order valence-corrected chi connectivity index (χ0v) is 11.4. The zero-order valence-electron chi connectivity index (χ0n) is 11.4. The molecule has 1 aromatic heterocycles. The molecule has 1 aliphatic rings. The van der Waals surface area contributed by atoms with E-state index in [4.69, 9.17) is 4.74 Å². The number of fused-ring (bicyclic) bond motifs is 1. The fraction of sp³-hybridized carbons (Fsp3) is 0.143. The highest BCUT2D eigenvalue weighted by molar-refractivity contribution is 5.95. The van der Waals surface area contributed by atoms with Gasteiger partial charge < -0.3 is 15.4 Å². The number of H-pyrrole nitrogens is 1. The Morgan fingerprint density at radius 3 is 2.91 bits per heavy atom. The molecule has 0 aliphatic carbocycles. The number of hydrogen-bond donors (Lipinski definition) is 3. The fourth-order valence-electron chi connectivity index (χ4n) is 1.97. The molecule has 1 aliphatic heterocycles. The van der Waals surface area contributed by atoms with Gasteiger partial charge in [0.2, 0.25) is 0 Å². The van der Waals surface area contributed by atoms with Gasteiger partial charge >= 0.3 is 0 Å². The van der Waals surface area contributed by atoms with E-state index in [1.54, 1.807) is 18.2 Å². The Bertz CT molecular complexity index is 779. The van der Waals surface area contributed by atoms with Gasteiger partial charge in [0.1, 0.15) is 11.4 Å². The molecule has 3 N–H and O–H groups in total. The lowest BCUT2D eigenvalue weighted by Gasteiger charge is -2.18. The van der Waals surface area contributed by atoms with E-state index >= 15 is 0 Å². The third kappa shape index (κ3) is 2.95. The summed E-state index contributed by atoms with van der Waals surface area (Å²) in [4.78, 5) is 33.9. The largest absolute Gasteiger partial charge is 0.482 e. The number of hydrogen-bond acceptors (Lipinski definition) is 5. The molecule has 8 nitrogen and oxygen atoms in total. The van der Waals surface area contributed by atoms with Crippen LogP contribution < -0.4 is 20.9 Å². The van der Waals surface area contributed by atoms with Crippen molar-refractivity contribution in [2.75, 3.05) is 11.9 Å². The number of aromatic nitrogens is 2. The van der Waals surface area contributed by atoms with Crippen LogP contribution in [0.4, 0.5) is 5.69 Å². The van der Waals surface area contributed by atoms with Crippen LogP contribution in [-0.4, -0.2) is 28.6 Å². The summed E-state index contributed by atoms with van der Waals surface area (Å²) in [6, 6.07) is 7.81. The van der Waals surface area contributed by atoms with Crippen molar-refractivity contribution in [3.8, 4) is 5.75 Å². The molecule has 1 aromatic carbocycles. The molecule has 3 rings (SSSR count). The van der Waals surface area contributed by atoms with Crippen molar-refractivity contribution in [2.24, 2.45) is 0 Å². The van der Waals surface area contributed by atoms with Crippen LogP contribution in [0.1, 0.15) is 16.1 Å². The summed E-state index contributed by atoms with van der Waals surface area (Å²) in [6.07, 6.45) is 0. The van der Waals surface area contributed by atoms with Gasteiger partial charge in [0.05, 0.1) is 5.69 Å². The van der Waals surface area contributed by atoms with Gasteiger partial charge in [-0.2, -0.15) is 5.10 Å². The third-order valence-electron chi connectivity index (χ3n) is 3.04. The predicted octanol–water partition coefficient (Wildman–Crippen LogP) is 0.0308. The Labute approximate surface area is 124 Å². The van der Waals surface area contributed by atoms with E-state index in [1.807, 2.05) is 0 Å². The van der Waals surface area contributed by atoms with E-state index in [0.29, 0.717) is 11.4 Å². The summed E-state index contributed by atoms with van der Waals surface area (Å²) < 4.78 is 5.30. The van der Waals surface area contributed by atoms with Crippen molar-refractivity contribution >= 4 is 17.5 Å². The van der Waals surface area contributed by atoms with Crippen molar-refractivity contribution < 1.29 is 14.3 Å². The van der Waals surface area contributed by atoms with Gasteiger partial charge in [-0.15, -0.1) is 0 Å². The van der Waals surface area contributed by atoms with Crippen LogP contribution in [0.25, 0.3) is 0 Å². The second kappa shape index (κ2) is 5.68. The van der Waals surface area contributed by atoms with Crippen LogP contribution >= 0.6 is 0 Å². The Hall–Kier alpha value is -3.16. The molecule has 0 radical (unpaired) electrons. The number of anilines is 1. The van der Waals surface area contributed by atoms with Gasteiger partial charge in [0.25, 0.3) is 17.4 Å². The molecule has 0 unspecified atom stereocenters. The first-order valence-electron chi connectivity index (χ1n) is 6.51. The molecule has 0 bridgehead atoms. The molecule has 0 fully saturated rings. The van der Waals surface area contributed by atoms with E-state index in [-0.39, 0.29) is 30.3 Å². The van der Waals surface area contributed by atoms with E-state index in [2.05, 4.69) is 20.8 Å². The monoisotopic (exact) mass is 300 g/mol. The maximum absolute atomic E-state index is 11.9. The Kier molecular flexibility index (Phi) is 3.57. The molecule has 2 heterocycles. The fourth-order valence-corrected chi connectivity index (χ4v) is 1.97. The SMILES string of the molecule is O=C1COc2cc(CNC(=O)c3ccc(=O)[nH]n3)ccc2N1. The summed E-state index contributed by atoms with van der Waals surface area (Å²) in [6.45, 7) is 0.244. The van der Waals surface area contributed by atoms with Gasteiger partial charge in [0.15, 0.2) is 6.61 Å².